The van der Waals surface area contributed by atoms with E-state index in [1.54, 1.807) is 0 Å². The van der Waals surface area contributed by atoms with Crippen LogP contribution in [0.2, 0.25) is 0 Å². The quantitative estimate of drug-likeness (QED) is 0.795. The topological polar surface area (TPSA) is 27.0 Å². The Kier molecular flexibility index (Phi) is 3.81. The standard InChI is InChI=1S/C15H20N2/c1-12(2)17-9-8-14(11-17)15(10-16)13-6-4-3-5-7-13/h3-7,12,14-15H,8-9,11H2,1-2H3/t14-,15-/m1/s1. The SMILES string of the molecule is CC(C)N1CC[C@@H]([C@H](C#N)c2ccccc2)C1. The van der Waals surface area contributed by atoms with Crippen LogP contribution in [0.15, 0.2) is 30.3 Å². The molecule has 1 aromatic rings. The van der Waals surface area contributed by atoms with E-state index in [1.165, 1.54) is 5.56 Å². The summed E-state index contributed by atoms with van der Waals surface area (Å²) >= 11 is 0. The lowest BCUT2D eigenvalue weighted by atomic mass is 9.86. The van der Waals surface area contributed by atoms with Crippen LogP contribution < -0.4 is 0 Å². The molecular weight excluding hydrogens is 208 g/mol. The van der Waals surface area contributed by atoms with Crippen molar-refractivity contribution in [1.29, 1.82) is 5.26 Å². The maximum Gasteiger partial charge on any atom is 0.0753 e. The number of hydrogen-bond acceptors (Lipinski definition) is 2. The van der Waals surface area contributed by atoms with Crippen LogP contribution in [0.4, 0.5) is 0 Å². The summed E-state index contributed by atoms with van der Waals surface area (Å²) in [6.07, 6.45) is 1.14. The van der Waals surface area contributed by atoms with Crippen molar-refractivity contribution in [3.05, 3.63) is 35.9 Å². The Morgan fingerprint density at radius 2 is 2.00 bits per heavy atom. The Labute approximate surface area is 104 Å². The highest BCUT2D eigenvalue weighted by atomic mass is 15.2. The molecule has 0 spiro atoms. The number of hydrogen-bond donors (Lipinski definition) is 0. The van der Waals surface area contributed by atoms with Gasteiger partial charge in [-0.05, 0) is 38.3 Å². The van der Waals surface area contributed by atoms with Crippen molar-refractivity contribution in [1.82, 2.24) is 4.90 Å². The molecule has 1 aliphatic rings. The number of nitriles is 1. The lowest BCUT2D eigenvalue weighted by Gasteiger charge is -2.22. The molecule has 0 aromatic heterocycles. The van der Waals surface area contributed by atoms with Gasteiger partial charge in [-0.15, -0.1) is 0 Å². The normalized spacial score (nSPS) is 22.6. The van der Waals surface area contributed by atoms with Gasteiger partial charge in [0.2, 0.25) is 0 Å². The van der Waals surface area contributed by atoms with Crippen LogP contribution in [0.1, 0.15) is 31.7 Å². The number of rotatable bonds is 3. The number of likely N-dealkylation sites (tertiary alicyclic amines) is 1. The molecule has 0 radical (unpaired) electrons. The van der Waals surface area contributed by atoms with Crippen LogP contribution in [0.5, 0.6) is 0 Å². The van der Waals surface area contributed by atoms with E-state index < -0.39 is 0 Å². The largest absolute Gasteiger partial charge is 0.301 e. The Morgan fingerprint density at radius 1 is 1.29 bits per heavy atom. The van der Waals surface area contributed by atoms with Gasteiger partial charge in [0.05, 0.1) is 12.0 Å². The van der Waals surface area contributed by atoms with Gasteiger partial charge in [-0.2, -0.15) is 5.26 Å². The molecule has 0 saturated carbocycles. The zero-order valence-corrected chi connectivity index (χ0v) is 10.6. The molecular formula is C15H20N2. The van der Waals surface area contributed by atoms with Crippen molar-refractivity contribution < 1.29 is 0 Å². The first-order valence-electron chi connectivity index (χ1n) is 6.41. The second kappa shape index (κ2) is 5.33. The van der Waals surface area contributed by atoms with Gasteiger partial charge < -0.3 is 4.90 Å². The molecule has 0 amide bonds. The summed E-state index contributed by atoms with van der Waals surface area (Å²) in [6, 6.07) is 13.3. The fourth-order valence-electron chi connectivity index (χ4n) is 2.67. The van der Waals surface area contributed by atoms with Crippen molar-refractivity contribution in [2.45, 2.75) is 32.2 Å². The molecule has 1 heterocycles. The Bertz CT molecular complexity index is 391. The molecule has 1 fully saturated rings. The van der Waals surface area contributed by atoms with Crippen LogP contribution in [-0.4, -0.2) is 24.0 Å². The second-order valence-corrected chi connectivity index (χ2v) is 5.15. The molecule has 1 aliphatic heterocycles. The van der Waals surface area contributed by atoms with E-state index in [0.29, 0.717) is 12.0 Å². The van der Waals surface area contributed by atoms with Gasteiger partial charge in [0.25, 0.3) is 0 Å². The lowest BCUT2D eigenvalue weighted by Crippen LogP contribution is -2.29. The first-order valence-corrected chi connectivity index (χ1v) is 6.41. The van der Waals surface area contributed by atoms with E-state index in [1.807, 2.05) is 18.2 Å². The minimum Gasteiger partial charge on any atom is -0.301 e. The Hall–Kier alpha value is -1.33. The maximum absolute atomic E-state index is 9.40. The van der Waals surface area contributed by atoms with Gasteiger partial charge in [-0.1, -0.05) is 30.3 Å². The molecule has 17 heavy (non-hydrogen) atoms. The molecule has 90 valence electrons. The van der Waals surface area contributed by atoms with Gasteiger partial charge >= 0.3 is 0 Å². The van der Waals surface area contributed by atoms with Crippen LogP contribution in [0.3, 0.4) is 0 Å². The van der Waals surface area contributed by atoms with Crippen molar-refractivity contribution in [2.24, 2.45) is 5.92 Å². The molecule has 1 aromatic carbocycles. The summed E-state index contributed by atoms with van der Waals surface area (Å²) in [5, 5.41) is 9.40. The highest BCUT2D eigenvalue weighted by Gasteiger charge is 2.31. The molecule has 2 nitrogen and oxygen atoms in total. The average molecular weight is 228 g/mol. The first-order chi connectivity index (χ1) is 8.22. The second-order valence-electron chi connectivity index (χ2n) is 5.15. The highest BCUT2D eigenvalue weighted by molar-refractivity contribution is 5.26. The van der Waals surface area contributed by atoms with Crippen molar-refractivity contribution >= 4 is 0 Å². The van der Waals surface area contributed by atoms with Crippen LogP contribution in [-0.2, 0) is 0 Å². The lowest BCUT2D eigenvalue weighted by molar-refractivity contribution is 0.262. The summed E-state index contributed by atoms with van der Waals surface area (Å²) in [6.45, 7) is 6.65. The predicted molar refractivity (Wildman–Crippen MR) is 69.6 cm³/mol. The molecule has 0 N–H and O–H groups in total. The van der Waals surface area contributed by atoms with E-state index in [9.17, 15) is 5.26 Å². The van der Waals surface area contributed by atoms with Gasteiger partial charge in [-0.25, -0.2) is 0 Å². The zero-order chi connectivity index (χ0) is 12.3. The fourth-order valence-corrected chi connectivity index (χ4v) is 2.67. The molecule has 2 atom stereocenters. The molecule has 0 bridgehead atoms. The van der Waals surface area contributed by atoms with Crippen molar-refractivity contribution in [2.75, 3.05) is 13.1 Å². The van der Waals surface area contributed by atoms with Crippen molar-refractivity contribution in [3.8, 4) is 6.07 Å². The molecule has 0 unspecified atom stereocenters. The van der Waals surface area contributed by atoms with Crippen LogP contribution >= 0.6 is 0 Å². The third-order valence-corrected chi connectivity index (χ3v) is 3.76. The summed E-state index contributed by atoms with van der Waals surface area (Å²) in [7, 11) is 0. The van der Waals surface area contributed by atoms with E-state index in [-0.39, 0.29) is 5.92 Å². The third kappa shape index (κ3) is 2.68. The van der Waals surface area contributed by atoms with E-state index >= 15 is 0 Å². The molecule has 0 aliphatic carbocycles. The zero-order valence-electron chi connectivity index (χ0n) is 10.6. The van der Waals surface area contributed by atoms with Gasteiger partial charge in [0.1, 0.15) is 0 Å². The Balaban J connectivity index is 2.09. The van der Waals surface area contributed by atoms with Crippen LogP contribution in [0.25, 0.3) is 0 Å². The predicted octanol–water partition coefficient (Wildman–Crippen LogP) is 3.02. The Morgan fingerprint density at radius 3 is 2.53 bits per heavy atom. The summed E-state index contributed by atoms with van der Waals surface area (Å²) in [5.74, 6) is 0.546. The highest BCUT2D eigenvalue weighted by Crippen LogP contribution is 2.32. The molecule has 1 saturated heterocycles. The fraction of sp³-hybridized carbons (Fsp3) is 0.533. The first kappa shape index (κ1) is 12.1. The van der Waals surface area contributed by atoms with E-state index in [4.69, 9.17) is 0 Å². The minimum atomic E-state index is 0.0555. The summed E-state index contributed by atoms with van der Waals surface area (Å²) < 4.78 is 0. The average Bonchev–Trinajstić information content (AvgIpc) is 2.81. The molecule has 2 heteroatoms. The van der Waals surface area contributed by atoms with Gasteiger partial charge in [-0.3, -0.25) is 0 Å². The monoisotopic (exact) mass is 228 g/mol. The number of benzene rings is 1. The summed E-state index contributed by atoms with van der Waals surface area (Å²) in [4.78, 5) is 2.47. The van der Waals surface area contributed by atoms with E-state index in [2.05, 4.69) is 36.9 Å². The van der Waals surface area contributed by atoms with E-state index in [0.717, 1.165) is 19.5 Å². The van der Waals surface area contributed by atoms with Crippen molar-refractivity contribution in [3.63, 3.8) is 0 Å². The minimum absolute atomic E-state index is 0.0555. The molecule has 2 rings (SSSR count). The number of nitrogens with zero attached hydrogens (tertiary/aromatic N) is 2. The smallest absolute Gasteiger partial charge is 0.0753 e. The van der Waals surface area contributed by atoms with Gasteiger partial charge in [0, 0.05) is 12.6 Å². The maximum atomic E-state index is 9.40. The third-order valence-electron chi connectivity index (χ3n) is 3.76. The van der Waals surface area contributed by atoms with Crippen LogP contribution in [0, 0.1) is 17.2 Å². The van der Waals surface area contributed by atoms with Gasteiger partial charge in [0.15, 0.2) is 0 Å². The summed E-state index contributed by atoms with van der Waals surface area (Å²) in [5.41, 5.74) is 1.17.